The van der Waals surface area contributed by atoms with Crippen molar-refractivity contribution < 1.29 is 4.79 Å². The highest BCUT2D eigenvalue weighted by atomic mass is 35.5. The van der Waals surface area contributed by atoms with E-state index in [1.54, 1.807) is 6.07 Å². The molecule has 0 spiro atoms. The van der Waals surface area contributed by atoms with Crippen LogP contribution in [-0.2, 0) is 4.79 Å². The molecule has 4 nitrogen and oxygen atoms in total. The molecule has 19 heavy (non-hydrogen) atoms. The first-order valence-electron chi connectivity index (χ1n) is 6.44. The van der Waals surface area contributed by atoms with Crippen molar-refractivity contribution in [3.05, 3.63) is 23.2 Å². The van der Waals surface area contributed by atoms with Crippen LogP contribution in [0.15, 0.2) is 18.2 Å². The molecule has 1 aromatic carbocycles. The Morgan fingerprint density at radius 2 is 2.11 bits per heavy atom. The van der Waals surface area contributed by atoms with Crippen LogP contribution in [0.5, 0.6) is 0 Å². The first kappa shape index (κ1) is 15.8. The quantitative estimate of drug-likeness (QED) is 0.844. The molecule has 0 aliphatic carbocycles. The van der Waals surface area contributed by atoms with E-state index in [0.29, 0.717) is 11.4 Å². The number of halogens is 1. The molecule has 0 saturated heterocycles. The molecule has 0 aliphatic heterocycles. The smallest absolute Gasteiger partial charge is 0.225 e. The largest absolute Gasteiger partial charge is 0.376 e. The fourth-order valence-electron chi connectivity index (χ4n) is 1.86. The van der Waals surface area contributed by atoms with Gasteiger partial charge in [0.2, 0.25) is 5.91 Å². The third kappa shape index (κ3) is 5.09. The summed E-state index contributed by atoms with van der Waals surface area (Å²) in [6.45, 7) is 4.87. The van der Waals surface area contributed by atoms with Crippen LogP contribution < -0.4 is 15.5 Å². The van der Waals surface area contributed by atoms with Crippen molar-refractivity contribution in [2.45, 2.75) is 26.3 Å². The molecule has 0 aromatic heterocycles. The zero-order chi connectivity index (χ0) is 14.4. The van der Waals surface area contributed by atoms with Crippen LogP contribution in [0.2, 0.25) is 5.02 Å². The van der Waals surface area contributed by atoms with E-state index in [1.165, 1.54) is 0 Å². The highest BCUT2D eigenvalue weighted by molar-refractivity contribution is 6.33. The van der Waals surface area contributed by atoms with Crippen molar-refractivity contribution in [1.29, 1.82) is 0 Å². The number of amides is 1. The highest BCUT2D eigenvalue weighted by Crippen LogP contribution is 2.27. The van der Waals surface area contributed by atoms with Gasteiger partial charge in [0.15, 0.2) is 0 Å². The zero-order valence-electron chi connectivity index (χ0n) is 12.0. The summed E-state index contributed by atoms with van der Waals surface area (Å²) in [5, 5.41) is 6.69. The summed E-state index contributed by atoms with van der Waals surface area (Å²) in [6.07, 6.45) is 0.445. The van der Waals surface area contributed by atoms with Crippen LogP contribution >= 0.6 is 11.6 Å². The first-order chi connectivity index (χ1) is 8.93. The molecule has 106 valence electrons. The van der Waals surface area contributed by atoms with Crippen LogP contribution in [0.1, 0.15) is 20.3 Å². The number of carbonyl (C=O) groups is 1. The first-order valence-corrected chi connectivity index (χ1v) is 6.82. The van der Waals surface area contributed by atoms with Gasteiger partial charge in [-0.1, -0.05) is 18.5 Å². The minimum Gasteiger partial charge on any atom is -0.376 e. The van der Waals surface area contributed by atoms with Crippen LogP contribution in [0, 0.1) is 0 Å². The number of hydrogen-bond acceptors (Lipinski definition) is 3. The van der Waals surface area contributed by atoms with Gasteiger partial charge in [-0.25, -0.2) is 0 Å². The topological polar surface area (TPSA) is 44.4 Å². The minimum absolute atomic E-state index is 0.0119. The lowest BCUT2D eigenvalue weighted by Gasteiger charge is -2.16. The van der Waals surface area contributed by atoms with Crippen molar-refractivity contribution >= 4 is 28.9 Å². The van der Waals surface area contributed by atoms with Crippen molar-refractivity contribution in [2.75, 3.05) is 30.9 Å². The molecule has 1 atom stereocenters. The van der Waals surface area contributed by atoms with Gasteiger partial charge in [0.05, 0.1) is 10.7 Å². The molecule has 1 unspecified atom stereocenters. The lowest BCUT2D eigenvalue weighted by atomic mass is 10.2. The molecular formula is C14H22ClN3O. The second kappa shape index (κ2) is 7.36. The number of carbonyl (C=O) groups excluding carboxylic acids is 1. The number of nitrogens with zero attached hydrogens (tertiary/aromatic N) is 1. The van der Waals surface area contributed by atoms with E-state index in [9.17, 15) is 4.79 Å². The Morgan fingerprint density at radius 1 is 1.42 bits per heavy atom. The predicted molar refractivity (Wildman–Crippen MR) is 82.2 cm³/mol. The molecule has 5 heteroatoms. The van der Waals surface area contributed by atoms with E-state index < -0.39 is 0 Å². The molecule has 0 bridgehead atoms. The Kier molecular flexibility index (Phi) is 6.12. The molecule has 1 aromatic rings. The van der Waals surface area contributed by atoms with E-state index in [-0.39, 0.29) is 11.9 Å². The molecule has 0 aliphatic rings. The van der Waals surface area contributed by atoms with Gasteiger partial charge in [-0.2, -0.15) is 0 Å². The lowest BCUT2D eigenvalue weighted by Crippen LogP contribution is -2.30. The van der Waals surface area contributed by atoms with Crippen molar-refractivity contribution in [1.82, 2.24) is 5.32 Å². The van der Waals surface area contributed by atoms with E-state index in [4.69, 9.17) is 11.6 Å². The number of nitrogens with one attached hydrogen (secondary N) is 2. The molecule has 1 rings (SSSR count). The second-order valence-corrected chi connectivity index (χ2v) is 5.18. The van der Waals surface area contributed by atoms with Gasteiger partial charge < -0.3 is 15.5 Å². The maximum Gasteiger partial charge on any atom is 0.225 e. The lowest BCUT2D eigenvalue weighted by molar-refractivity contribution is -0.116. The molecule has 0 radical (unpaired) electrons. The van der Waals surface area contributed by atoms with Gasteiger partial charge in [-0.05, 0) is 31.7 Å². The van der Waals surface area contributed by atoms with Crippen LogP contribution in [0.3, 0.4) is 0 Å². The van der Waals surface area contributed by atoms with E-state index in [0.717, 1.165) is 17.9 Å². The van der Waals surface area contributed by atoms with Crippen LogP contribution in [0.4, 0.5) is 11.4 Å². The van der Waals surface area contributed by atoms with Crippen molar-refractivity contribution in [2.24, 2.45) is 0 Å². The van der Waals surface area contributed by atoms with E-state index in [1.807, 2.05) is 45.0 Å². The number of benzene rings is 1. The van der Waals surface area contributed by atoms with Gasteiger partial charge in [0, 0.05) is 32.2 Å². The Morgan fingerprint density at radius 3 is 2.63 bits per heavy atom. The van der Waals surface area contributed by atoms with Gasteiger partial charge in [0.1, 0.15) is 0 Å². The number of anilines is 2. The third-order valence-electron chi connectivity index (χ3n) is 2.76. The summed E-state index contributed by atoms with van der Waals surface area (Å²) in [5.41, 5.74) is 1.66. The Balaban J connectivity index is 2.62. The predicted octanol–water partition coefficient (Wildman–Crippen LogP) is 2.73. The molecule has 0 fully saturated rings. The highest BCUT2D eigenvalue weighted by Gasteiger charge is 2.09. The Bertz CT molecular complexity index is 435. The molecule has 2 N–H and O–H groups in total. The maximum absolute atomic E-state index is 11.8. The fraction of sp³-hybridized carbons (Fsp3) is 0.500. The third-order valence-corrected chi connectivity index (χ3v) is 3.06. The summed E-state index contributed by atoms with van der Waals surface area (Å²) in [4.78, 5) is 13.8. The van der Waals surface area contributed by atoms with Crippen molar-refractivity contribution in [3.8, 4) is 0 Å². The SMILES string of the molecule is CCNC(C)CC(=O)Nc1ccc(N(C)C)c(Cl)c1. The minimum atomic E-state index is -0.0119. The molecular weight excluding hydrogens is 262 g/mol. The van der Waals surface area contributed by atoms with E-state index in [2.05, 4.69) is 10.6 Å². The van der Waals surface area contributed by atoms with E-state index >= 15 is 0 Å². The Hall–Kier alpha value is -1.26. The Labute approximate surface area is 120 Å². The molecule has 0 heterocycles. The van der Waals surface area contributed by atoms with Gasteiger partial charge in [-0.3, -0.25) is 4.79 Å². The fourth-order valence-corrected chi connectivity index (χ4v) is 2.21. The molecule has 0 saturated carbocycles. The monoisotopic (exact) mass is 283 g/mol. The summed E-state index contributed by atoms with van der Waals surface area (Å²) in [6, 6.07) is 5.69. The maximum atomic E-state index is 11.8. The van der Waals surface area contributed by atoms with Gasteiger partial charge >= 0.3 is 0 Å². The summed E-state index contributed by atoms with van der Waals surface area (Å²) >= 11 is 6.16. The standard InChI is InChI=1S/C14H22ClN3O/c1-5-16-10(2)8-14(19)17-11-6-7-13(18(3)4)12(15)9-11/h6-7,9-10,16H,5,8H2,1-4H3,(H,17,19). The van der Waals surface area contributed by atoms with Gasteiger partial charge in [0.25, 0.3) is 0 Å². The van der Waals surface area contributed by atoms with Crippen LogP contribution in [0.25, 0.3) is 0 Å². The normalized spacial score (nSPS) is 12.1. The summed E-state index contributed by atoms with van der Waals surface area (Å²) in [5.74, 6) is -0.0119. The summed E-state index contributed by atoms with van der Waals surface area (Å²) < 4.78 is 0. The number of rotatable bonds is 6. The number of hydrogen-bond donors (Lipinski definition) is 2. The average Bonchev–Trinajstić information content (AvgIpc) is 2.28. The van der Waals surface area contributed by atoms with Gasteiger partial charge in [-0.15, -0.1) is 0 Å². The second-order valence-electron chi connectivity index (χ2n) is 4.77. The zero-order valence-corrected chi connectivity index (χ0v) is 12.7. The molecule has 1 amide bonds. The average molecular weight is 284 g/mol. The van der Waals surface area contributed by atoms with Crippen LogP contribution in [-0.4, -0.2) is 32.6 Å². The van der Waals surface area contributed by atoms with Crippen molar-refractivity contribution in [3.63, 3.8) is 0 Å². The summed E-state index contributed by atoms with van der Waals surface area (Å²) in [7, 11) is 3.86.